The van der Waals surface area contributed by atoms with E-state index in [9.17, 15) is 4.39 Å². The van der Waals surface area contributed by atoms with Crippen LogP contribution in [0, 0.1) is 5.82 Å². The Bertz CT molecular complexity index is 410. The molecule has 2 heterocycles. The first-order valence-electron chi connectivity index (χ1n) is 7.85. The van der Waals surface area contributed by atoms with E-state index in [-0.39, 0.29) is 11.9 Å². The third kappa shape index (κ3) is 5.02. The Morgan fingerprint density at radius 1 is 1.52 bits per heavy atom. The summed E-state index contributed by atoms with van der Waals surface area (Å²) < 4.78 is 18.7. The van der Waals surface area contributed by atoms with E-state index in [1.54, 1.807) is 6.07 Å². The van der Waals surface area contributed by atoms with Gasteiger partial charge in [-0.2, -0.15) is 0 Å². The van der Waals surface area contributed by atoms with E-state index in [2.05, 4.69) is 22.1 Å². The van der Waals surface area contributed by atoms with Crippen molar-refractivity contribution in [2.75, 3.05) is 33.3 Å². The lowest BCUT2D eigenvalue weighted by atomic mass is 10.1. The molecule has 0 saturated carbocycles. The van der Waals surface area contributed by atoms with Gasteiger partial charge in [0.2, 0.25) is 0 Å². The van der Waals surface area contributed by atoms with E-state index in [0.717, 1.165) is 38.4 Å². The molecule has 1 fully saturated rings. The molecule has 0 radical (unpaired) electrons. The van der Waals surface area contributed by atoms with Gasteiger partial charge in [0, 0.05) is 19.7 Å². The number of aromatic nitrogens is 1. The van der Waals surface area contributed by atoms with Crippen molar-refractivity contribution in [1.29, 1.82) is 0 Å². The molecule has 118 valence electrons. The number of nitrogens with one attached hydrogen (secondary N) is 1. The van der Waals surface area contributed by atoms with E-state index in [1.807, 2.05) is 7.05 Å². The Labute approximate surface area is 126 Å². The molecule has 21 heavy (non-hydrogen) atoms. The third-order valence-corrected chi connectivity index (χ3v) is 4.05. The van der Waals surface area contributed by atoms with Gasteiger partial charge < -0.3 is 15.0 Å². The van der Waals surface area contributed by atoms with Gasteiger partial charge >= 0.3 is 0 Å². The first kappa shape index (κ1) is 16.3. The Kier molecular flexibility index (Phi) is 6.54. The predicted molar refractivity (Wildman–Crippen MR) is 81.7 cm³/mol. The van der Waals surface area contributed by atoms with Crippen molar-refractivity contribution in [3.05, 3.63) is 29.8 Å². The minimum absolute atomic E-state index is 0.165. The molecule has 0 aromatic carbocycles. The Balaban J connectivity index is 1.83. The summed E-state index contributed by atoms with van der Waals surface area (Å²) in [4.78, 5) is 6.63. The molecule has 1 aromatic rings. The van der Waals surface area contributed by atoms with Gasteiger partial charge in [0.1, 0.15) is 5.82 Å². The van der Waals surface area contributed by atoms with Crippen LogP contribution in [0.4, 0.5) is 4.39 Å². The highest BCUT2D eigenvalue weighted by Gasteiger charge is 2.21. The number of piperidine rings is 1. The fourth-order valence-corrected chi connectivity index (χ4v) is 2.93. The molecule has 1 aliphatic heterocycles. The van der Waals surface area contributed by atoms with Crippen LogP contribution in [0.5, 0.6) is 0 Å². The lowest BCUT2D eigenvalue weighted by molar-refractivity contribution is 0.00507. The van der Waals surface area contributed by atoms with Gasteiger partial charge in [-0.15, -0.1) is 0 Å². The predicted octanol–water partition coefficient (Wildman–Crippen LogP) is 2.37. The van der Waals surface area contributed by atoms with Crippen LogP contribution >= 0.6 is 0 Å². The maximum absolute atomic E-state index is 12.9. The van der Waals surface area contributed by atoms with E-state index < -0.39 is 0 Å². The van der Waals surface area contributed by atoms with Crippen molar-refractivity contribution in [2.45, 2.75) is 38.3 Å². The molecular weight excluding hydrogens is 269 g/mol. The van der Waals surface area contributed by atoms with Crippen molar-refractivity contribution in [3.8, 4) is 0 Å². The van der Waals surface area contributed by atoms with Gasteiger partial charge in [0.25, 0.3) is 0 Å². The zero-order chi connectivity index (χ0) is 15.1. The van der Waals surface area contributed by atoms with E-state index in [0.29, 0.717) is 6.10 Å². The van der Waals surface area contributed by atoms with Crippen LogP contribution < -0.4 is 5.32 Å². The lowest BCUT2D eigenvalue weighted by Gasteiger charge is -2.33. The van der Waals surface area contributed by atoms with Gasteiger partial charge in [0.05, 0.1) is 24.0 Å². The van der Waals surface area contributed by atoms with Crippen LogP contribution in [0.2, 0.25) is 0 Å². The normalized spacial score (nSPS) is 21.4. The summed E-state index contributed by atoms with van der Waals surface area (Å²) in [7, 11) is 1.93. The SMILES string of the molecule is CCOC1CCCN(CCC(NC)c2ccc(F)cn2)C1. The monoisotopic (exact) mass is 295 g/mol. The average molecular weight is 295 g/mol. The van der Waals surface area contributed by atoms with Crippen molar-refractivity contribution < 1.29 is 9.13 Å². The van der Waals surface area contributed by atoms with Crippen LogP contribution in [-0.2, 0) is 4.74 Å². The molecule has 0 amide bonds. The van der Waals surface area contributed by atoms with Crippen LogP contribution in [0.3, 0.4) is 0 Å². The van der Waals surface area contributed by atoms with Gasteiger partial charge in [-0.3, -0.25) is 4.98 Å². The summed E-state index contributed by atoms with van der Waals surface area (Å²) in [5.74, 6) is -0.288. The highest BCUT2D eigenvalue weighted by molar-refractivity contribution is 5.09. The molecule has 0 aliphatic carbocycles. The zero-order valence-corrected chi connectivity index (χ0v) is 13.0. The number of pyridine rings is 1. The Morgan fingerprint density at radius 2 is 2.38 bits per heavy atom. The van der Waals surface area contributed by atoms with Crippen molar-refractivity contribution in [1.82, 2.24) is 15.2 Å². The smallest absolute Gasteiger partial charge is 0.141 e. The molecule has 0 bridgehead atoms. The van der Waals surface area contributed by atoms with Crippen molar-refractivity contribution in [2.24, 2.45) is 0 Å². The molecule has 2 rings (SSSR count). The summed E-state index contributed by atoms with van der Waals surface area (Å²) >= 11 is 0. The molecule has 0 spiro atoms. The van der Waals surface area contributed by atoms with Crippen LogP contribution in [0.1, 0.15) is 37.9 Å². The molecular formula is C16H26FN3O. The van der Waals surface area contributed by atoms with Crippen molar-refractivity contribution >= 4 is 0 Å². The highest BCUT2D eigenvalue weighted by Crippen LogP contribution is 2.18. The molecule has 1 saturated heterocycles. The second-order valence-electron chi connectivity index (χ2n) is 5.55. The molecule has 4 nitrogen and oxygen atoms in total. The summed E-state index contributed by atoms with van der Waals surface area (Å²) in [6.45, 7) is 6.00. The summed E-state index contributed by atoms with van der Waals surface area (Å²) in [5.41, 5.74) is 0.900. The standard InChI is InChI=1S/C16H26FN3O/c1-3-21-14-5-4-9-20(12-14)10-8-15(18-2)16-7-6-13(17)11-19-16/h6-7,11,14-15,18H,3-5,8-10,12H2,1-2H3. The minimum Gasteiger partial charge on any atom is -0.377 e. The summed E-state index contributed by atoms with van der Waals surface area (Å²) in [6, 6.07) is 3.40. The first-order chi connectivity index (χ1) is 10.2. The Hall–Kier alpha value is -1.04. The molecule has 2 atom stereocenters. The average Bonchev–Trinajstić information content (AvgIpc) is 2.50. The number of nitrogens with zero attached hydrogens (tertiary/aromatic N) is 2. The molecule has 5 heteroatoms. The third-order valence-electron chi connectivity index (χ3n) is 4.05. The van der Waals surface area contributed by atoms with Gasteiger partial charge in [-0.1, -0.05) is 0 Å². The fraction of sp³-hybridized carbons (Fsp3) is 0.688. The van der Waals surface area contributed by atoms with Crippen molar-refractivity contribution in [3.63, 3.8) is 0 Å². The second-order valence-corrected chi connectivity index (χ2v) is 5.55. The molecule has 2 unspecified atom stereocenters. The number of ether oxygens (including phenoxy) is 1. The largest absolute Gasteiger partial charge is 0.377 e. The quantitative estimate of drug-likeness (QED) is 0.838. The van der Waals surface area contributed by atoms with Gasteiger partial charge in [-0.05, 0) is 51.9 Å². The van der Waals surface area contributed by atoms with Crippen LogP contribution in [-0.4, -0.2) is 49.3 Å². The second kappa shape index (κ2) is 8.41. The van der Waals surface area contributed by atoms with E-state index in [4.69, 9.17) is 4.74 Å². The number of hydrogen-bond acceptors (Lipinski definition) is 4. The number of halogens is 1. The maximum Gasteiger partial charge on any atom is 0.141 e. The van der Waals surface area contributed by atoms with Crippen LogP contribution in [0.25, 0.3) is 0 Å². The molecule has 1 N–H and O–H groups in total. The zero-order valence-electron chi connectivity index (χ0n) is 13.0. The molecule has 1 aromatic heterocycles. The Morgan fingerprint density at radius 3 is 3.05 bits per heavy atom. The number of hydrogen-bond donors (Lipinski definition) is 1. The first-order valence-corrected chi connectivity index (χ1v) is 7.85. The summed E-state index contributed by atoms with van der Waals surface area (Å²) in [6.07, 6.45) is 4.99. The van der Waals surface area contributed by atoms with Gasteiger partial charge in [-0.25, -0.2) is 4.39 Å². The highest BCUT2D eigenvalue weighted by atomic mass is 19.1. The molecule has 1 aliphatic rings. The number of likely N-dealkylation sites (tertiary alicyclic amines) is 1. The maximum atomic E-state index is 12.9. The summed E-state index contributed by atoms with van der Waals surface area (Å²) in [5, 5.41) is 3.27. The van der Waals surface area contributed by atoms with Gasteiger partial charge in [0.15, 0.2) is 0 Å². The van der Waals surface area contributed by atoms with E-state index in [1.165, 1.54) is 25.1 Å². The minimum atomic E-state index is -0.288. The fourth-order valence-electron chi connectivity index (χ4n) is 2.93. The van der Waals surface area contributed by atoms with E-state index >= 15 is 0 Å². The topological polar surface area (TPSA) is 37.4 Å². The lowest BCUT2D eigenvalue weighted by Crippen LogP contribution is -2.41. The van der Waals surface area contributed by atoms with Crippen LogP contribution in [0.15, 0.2) is 18.3 Å². The number of rotatable bonds is 7.